The summed E-state index contributed by atoms with van der Waals surface area (Å²) >= 11 is 5.81. The molecule has 0 fully saturated rings. The number of aromatic carboxylic acids is 1. The van der Waals surface area contributed by atoms with E-state index in [-0.39, 0.29) is 16.3 Å². The summed E-state index contributed by atoms with van der Waals surface area (Å²) < 4.78 is 9.98. The average Bonchev–Trinajstić information content (AvgIpc) is 2.26. The molecule has 0 aliphatic heterocycles. The molecule has 0 aliphatic rings. The number of halogens is 1. The van der Waals surface area contributed by atoms with Gasteiger partial charge in [-0.15, -0.1) is 0 Å². The highest BCUT2D eigenvalue weighted by Crippen LogP contribution is 2.32. The highest BCUT2D eigenvalue weighted by Gasteiger charge is 2.18. The zero-order valence-electron chi connectivity index (χ0n) is 8.91. The van der Waals surface area contributed by atoms with Crippen LogP contribution in [0.1, 0.15) is 15.9 Å². The molecule has 0 radical (unpaired) electrons. The summed E-state index contributed by atoms with van der Waals surface area (Å²) in [6.07, 6.45) is 0. The minimum Gasteiger partial charge on any atom is -0.497 e. The monoisotopic (exact) mass is 242 g/mol. The van der Waals surface area contributed by atoms with Gasteiger partial charge in [0.15, 0.2) is 0 Å². The van der Waals surface area contributed by atoms with Crippen molar-refractivity contribution in [1.82, 2.24) is 0 Å². The van der Waals surface area contributed by atoms with Crippen LogP contribution in [-0.4, -0.2) is 25.3 Å². The quantitative estimate of drug-likeness (QED) is 0.825. The van der Waals surface area contributed by atoms with Crippen molar-refractivity contribution in [3.63, 3.8) is 0 Å². The first kappa shape index (κ1) is 12.4. The number of carboxylic acid groups (broad SMARTS) is 1. The number of benzene rings is 1. The standard InChI is InChI=1S/C11H11ClO4/c1-6(15-2)8-4-7(12)5-9(11(13)14)10(8)16-3/h4-5H,1H2,2-3H3,(H,13,14). The van der Waals surface area contributed by atoms with Crippen molar-refractivity contribution < 1.29 is 19.4 Å². The van der Waals surface area contributed by atoms with Crippen LogP contribution in [-0.2, 0) is 4.74 Å². The van der Waals surface area contributed by atoms with E-state index in [0.717, 1.165) is 0 Å². The van der Waals surface area contributed by atoms with Gasteiger partial charge in [0.25, 0.3) is 0 Å². The Hall–Kier alpha value is -1.68. The topological polar surface area (TPSA) is 55.8 Å². The lowest BCUT2D eigenvalue weighted by molar-refractivity contribution is 0.0693. The normalized spacial score (nSPS) is 9.69. The Balaban J connectivity index is 3.48. The van der Waals surface area contributed by atoms with Gasteiger partial charge in [0.05, 0.1) is 19.8 Å². The number of carboxylic acids is 1. The Bertz CT molecular complexity index is 440. The predicted octanol–water partition coefficient (Wildman–Crippen LogP) is 2.66. The molecule has 0 bridgehead atoms. The van der Waals surface area contributed by atoms with Gasteiger partial charge >= 0.3 is 5.97 Å². The third-order valence-corrected chi connectivity index (χ3v) is 2.25. The van der Waals surface area contributed by atoms with Crippen LogP contribution in [0.25, 0.3) is 5.76 Å². The summed E-state index contributed by atoms with van der Waals surface area (Å²) in [5, 5.41) is 9.27. The Morgan fingerprint density at radius 3 is 2.38 bits per heavy atom. The maximum absolute atomic E-state index is 11.0. The Morgan fingerprint density at radius 1 is 1.38 bits per heavy atom. The van der Waals surface area contributed by atoms with E-state index in [0.29, 0.717) is 11.3 Å². The molecule has 0 heterocycles. The molecule has 1 aromatic rings. The highest BCUT2D eigenvalue weighted by atomic mass is 35.5. The lowest BCUT2D eigenvalue weighted by Crippen LogP contribution is -2.03. The van der Waals surface area contributed by atoms with Crippen LogP contribution in [0, 0.1) is 0 Å². The molecule has 1 N–H and O–H groups in total. The first-order chi connectivity index (χ1) is 7.51. The van der Waals surface area contributed by atoms with Gasteiger partial charge in [-0.2, -0.15) is 0 Å². The lowest BCUT2D eigenvalue weighted by atomic mass is 10.1. The Labute approximate surface area is 98.1 Å². The molecule has 0 amide bonds. The van der Waals surface area contributed by atoms with E-state index < -0.39 is 5.97 Å². The third kappa shape index (κ3) is 2.28. The molecular weight excluding hydrogens is 232 g/mol. The van der Waals surface area contributed by atoms with E-state index >= 15 is 0 Å². The maximum Gasteiger partial charge on any atom is 0.339 e. The fourth-order valence-corrected chi connectivity index (χ4v) is 1.51. The first-order valence-electron chi connectivity index (χ1n) is 4.35. The predicted molar refractivity (Wildman–Crippen MR) is 61.0 cm³/mol. The average molecular weight is 243 g/mol. The molecule has 0 unspecified atom stereocenters. The summed E-state index contributed by atoms with van der Waals surface area (Å²) in [6, 6.07) is 2.85. The molecule has 5 heteroatoms. The zero-order chi connectivity index (χ0) is 12.3. The molecule has 1 aromatic carbocycles. The van der Waals surface area contributed by atoms with Crippen LogP contribution in [0.15, 0.2) is 18.7 Å². The van der Waals surface area contributed by atoms with Gasteiger partial charge in [-0.25, -0.2) is 4.79 Å². The van der Waals surface area contributed by atoms with Crippen LogP contribution in [0.2, 0.25) is 5.02 Å². The van der Waals surface area contributed by atoms with E-state index in [9.17, 15) is 4.79 Å². The summed E-state index contributed by atoms with van der Waals surface area (Å²) in [4.78, 5) is 11.0. The van der Waals surface area contributed by atoms with Crippen molar-refractivity contribution in [3.8, 4) is 5.75 Å². The van der Waals surface area contributed by atoms with Crippen LogP contribution >= 0.6 is 11.6 Å². The van der Waals surface area contributed by atoms with Crippen LogP contribution in [0.5, 0.6) is 5.75 Å². The van der Waals surface area contributed by atoms with Crippen molar-refractivity contribution in [2.24, 2.45) is 0 Å². The number of hydrogen-bond acceptors (Lipinski definition) is 3. The van der Waals surface area contributed by atoms with E-state index in [1.807, 2.05) is 0 Å². The minimum absolute atomic E-state index is 0.0248. The van der Waals surface area contributed by atoms with E-state index in [1.165, 1.54) is 20.3 Å². The first-order valence-corrected chi connectivity index (χ1v) is 4.73. The number of carbonyl (C=O) groups is 1. The van der Waals surface area contributed by atoms with Gasteiger partial charge in [0.1, 0.15) is 17.1 Å². The van der Waals surface area contributed by atoms with Gasteiger partial charge in [-0.3, -0.25) is 0 Å². The van der Waals surface area contributed by atoms with Gasteiger partial charge < -0.3 is 14.6 Å². The summed E-state index contributed by atoms with van der Waals surface area (Å²) in [5.41, 5.74) is 0.401. The van der Waals surface area contributed by atoms with Gasteiger partial charge in [0, 0.05) is 5.02 Å². The molecule has 4 nitrogen and oxygen atoms in total. The van der Waals surface area contributed by atoms with Crippen molar-refractivity contribution in [2.75, 3.05) is 14.2 Å². The van der Waals surface area contributed by atoms with E-state index in [1.54, 1.807) is 6.07 Å². The third-order valence-electron chi connectivity index (χ3n) is 2.04. The van der Waals surface area contributed by atoms with Crippen molar-refractivity contribution in [1.29, 1.82) is 0 Å². The second-order valence-electron chi connectivity index (χ2n) is 2.97. The lowest BCUT2D eigenvalue weighted by Gasteiger charge is -2.13. The summed E-state index contributed by atoms with van der Waals surface area (Å²) in [7, 11) is 2.81. The second kappa shape index (κ2) is 4.90. The molecule has 0 spiro atoms. The molecule has 0 atom stereocenters. The van der Waals surface area contributed by atoms with Crippen LogP contribution < -0.4 is 4.74 Å². The van der Waals surface area contributed by atoms with Crippen LogP contribution in [0.4, 0.5) is 0 Å². The largest absolute Gasteiger partial charge is 0.497 e. The molecular formula is C11H11ClO4. The Kier molecular flexibility index (Phi) is 3.79. The molecule has 16 heavy (non-hydrogen) atoms. The molecule has 0 aliphatic carbocycles. The molecule has 86 valence electrons. The highest BCUT2D eigenvalue weighted by molar-refractivity contribution is 6.31. The number of rotatable bonds is 4. The SMILES string of the molecule is C=C(OC)c1cc(Cl)cc(C(=O)O)c1OC. The van der Waals surface area contributed by atoms with Crippen molar-refractivity contribution >= 4 is 23.3 Å². The fourth-order valence-electron chi connectivity index (χ4n) is 1.29. The van der Waals surface area contributed by atoms with Gasteiger partial charge in [-0.1, -0.05) is 18.2 Å². The van der Waals surface area contributed by atoms with Crippen LogP contribution in [0.3, 0.4) is 0 Å². The van der Waals surface area contributed by atoms with Gasteiger partial charge in [-0.05, 0) is 12.1 Å². The maximum atomic E-state index is 11.0. The number of hydrogen-bond donors (Lipinski definition) is 1. The van der Waals surface area contributed by atoms with E-state index in [4.69, 9.17) is 26.2 Å². The summed E-state index contributed by atoms with van der Waals surface area (Å²) in [5.74, 6) is -0.643. The second-order valence-corrected chi connectivity index (χ2v) is 3.40. The minimum atomic E-state index is -1.12. The van der Waals surface area contributed by atoms with Gasteiger partial charge in [0.2, 0.25) is 0 Å². The number of ether oxygens (including phenoxy) is 2. The zero-order valence-corrected chi connectivity index (χ0v) is 9.67. The van der Waals surface area contributed by atoms with Crippen molar-refractivity contribution in [3.05, 3.63) is 34.9 Å². The van der Waals surface area contributed by atoms with Crippen molar-refractivity contribution in [2.45, 2.75) is 0 Å². The molecule has 0 aromatic heterocycles. The molecule has 1 rings (SSSR count). The molecule has 0 saturated heterocycles. The summed E-state index contributed by atoms with van der Waals surface area (Å²) in [6.45, 7) is 3.64. The molecule has 0 saturated carbocycles. The number of methoxy groups -OCH3 is 2. The fraction of sp³-hybridized carbons (Fsp3) is 0.182. The van der Waals surface area contributed by atoms with E-state index in [2.05, 4.69) is 6.58 Å². The Morgan fingerprint density at radius 2 is 1.94 bits per heavy atom. The smallest absolute Gasteiger partial charge is 0.339 e.